The Morgan fingerprint density at radius 1 is 1.45 bits per heavy atom. The van der Waals surface area contributed by atoms with Crippen molar-refractivity contribution in [2.24, 2.45) is 5.73 Å². The molecule has 1 aromatic heterocycles. The molecule has 1 heterocycles. The van der Waals surface area contributed by atoms with Gasteiger partial charge in [0.2, 0.25) is 5.13 Å². The van der Waals surface area contributed by atoms with Gasteiger partial charge in [0.1, 0.15) is 11.6 Å². The molecular formula is C14H19FN4S. The van der Waals surface area contributed by atoms with Gasteiger partial charge in [0.05, 0.1) is 0 Å². The summed E-state index contributed by atoms with van der Waals surface area (Å²) in [5.74, 6) is 0.482. The lowest BCUT2D eigenvalue weighted by atomic mass is 10.1. The maximum absolute atomic E-state index is 13.1. The third-order valence-electron chi connectivity index (χ3n) is 3.05. The van der Waals surface area contributed by atoms with Gasteiger partial charge in [-0.2, -0.15) is 4.37 Å². The number of anilines is 1. The van der Waals surface area contributed by atoms with Crippen LogP contribution < -0.4 is 11.1 Å². The predicted octanol–water partition coefficient (Wildman–Crippen LogP) is 2.81. The second-order valence-corrected chi connectivity index (χ2v) is 5.40. The number of benzene rings is 1. The first-order valence-electron chi connectivity index (χ1n) is 6.75. The summed E-state index contributed by atoms with van der Waals surface area (Å²) >= 11 is 1.34. The van der Waals surface area contributed by atoms with E-state index in [1.807, 2.05) is 6.07 Å². The molecule has 108 valence electrons. The molecule has 1 unspecified atom stereocenters. The smallest absolute Gasteiger partial charge is 0.202 e. The second kappa shape index (κ2) is 7.31. The normalized spacial score (nSPS) is 12.3. The summed E-state index contributed by atoms with van der Waals surface area (Å²) < 4.78 is 17.4. The number of nitrogens with zero attached hydrogens (tertiary/aromatic N) is 2. The number of nitrogens with two attached hydrogens (primary N) is 1. The van der Waals surface area contributed by atoms with Gasteiger partial charge in [0, 0.05) is 24.0 Å². The van der Waals surface area contributed by atoms with Crippen molar-refractivity contribution in [2.75, 3.05) is 11.9 Å². The van der Waals surface area contributed by atoms with E-state index < -0.39 is 0 Å². The van der Waals surface area contributed by atoms with Crippen LogP contribution in [0, 0.1) is 5.82 Å². The lowest BCUT2D eigenvalue weighted by molar-refractivity contribution is 0.626. The number of hydrogen-bond acceptors (Lipinski definition) is 5. The summed E-state index contributed by atoms with van der Waals surface area (Å²) in [6, 6.07) is 6.85. The average molecular weight is 294 g/mol. The van der Waals surface area contributed by atoms with Crippen LogP contribution >= 0.6 is 11.5 Å². The first-order valence-corrected chi connectivity index (χ1v) is 7.52. The third-order valence-corrected chi connectivity index (χ3v) is 3.74. The number of aromatic nitrogens is 2. The minimum Gasteiger partial charge on any atom is -0.358 e. The third kappa shape index (κ3) is 4.25. The summed E-state index contributed by atoms with van der Waals surface area (Å²) in [5, 5.41) is 4.14. The van der Waals surface area contributed by atoms with Crippen molar-refractivity contribution in [3.05, 3.63) is 41.5 Å². The van der Waals surface area contributed by atoms with E-state index in [9.17, 15) is 4.39 Å². The predicted molar refractivity (Wildman–Crippen MR) is 80.5 cm³/mol. The van der Waals surface area contributed by atoms with Gasteiger partial charge in [0.15, 0.2) is 0 Å². The van der Waals surface area contributed by atoms with E-state index in [-0.39, 0.29) is 5.82 Å². The van der Waals surface area contributed by atoms with Crippen molar-refractivity contribution >= 4 is 16.7 Å². The highest BCUT2D eigenvalue weighted by atomic mass is 32.1. The topological polar surface area (TPSA) is 63.8 Å². The molecule has 0 saturated heterocycles. The van der Waals surface area contributed by atoms with Gasteiger partial charge in [0.25, 0.3) is 0 Å². The van der Waals surface area contributed by atoms with Crippen LogP contribution in [0.15, 0.2) is 24.3 Å². The Morgan fingerprint density at radius 2 is 2.30 bits per heavy atom. The fraction of sp³-hybridized carbons (Fsp3) is 0.429. The molecule has 20 heavy (non-hydrogen) atoms. The molecule has 0 aliphatic carbocycles. The monoisotopic (exact) mass is 294 g/mol. The molecule has 0 spiro atoms. The van der Waals surface area contributed by atoms with Crippen LogP contribution in [0.5, 0.6) is 0 Å². The van der Waals surface area contributed by atoms with Crippen molar-refractivity contribution in [2.45, 2.75) is 32.2 Å². The minimum absolute atomic E-state index is 0.231. The van der Waals surface area contributed by atoms with E-state index in [1.54, 1.807) is 6.07 Å². The molecule has 0 aliphatic heterocycles. The summed E-state index contributed by atoms with van der Waals surface area (Å²) in [4.78, 5) is 4.44. The first kappa shape index (κ1) is 14.9. The molecule has 4 nitrogen and oxygen atoms in total. The molecule has 1 atom stereocenters. The molecule has 0 saturated carbocycles. The highest BCUT2D eigenvalue weighted by Gasteiger charge is 2.10. The Labute approximate surface area is 122 Å². The van der Waals surface area contributed by atoms with E-state index in [0.717, 1.165) is 23.5 Å². The first-order chi connectivity index (χ1) is 9.71. The molecule has 0 radical (unpaired) electrons. The highest BCUT2D eigenvalue weighted by molar-refractivity contribution is 7.09. The largest absolute Gasteiger partial charge is 0.358 e. The molecule has 6 heteroatoms. The number of nitrogens with one attached hydrogen (secondary N) is 1. The molecule has 0 aliphatic rings. The van der Waals surface area contributed by atoms with Gasteiger partial charge in [-0.25, -0.2) is 9.37 Å². The minimum atomic E-state index is -0.231. The van der Waals surface area contributed by atoms with Crippen LogP contribution in [-0.2, 0) is 6.42 Å². The van der Waals surface area contributed by atoms with Crippen LogP contribution in [-0.4, -0.2) is 21.9 Å². The van der Waals surface area contributed by atoms with Crippen LogP contribution in [0.4, 0.5) is 9.52 Å². The Bertz CT molecular complexity index is 543. The van der Waals surface area contributed by atoms with Crippen LogP contribution in [0.2, 0.25) is 0 Å². The highest BCUT2D eigenvalue weighted by Crippen LogP contribution is 2.17. The van der Waals surface area contributed by atoms with E-state index in [4.69, 9.17) is 5.73 Å². The van der Waals surface area contributed by atoms with Gasteiger partial charge in [-0.3, -0.25) is 0 Å². The van der Waals surface area contributed by atoms with Crippen LogP contribution in [0.3, 0.4) is 0 Å². The zero-order valence-electron chi connectivity index (χ0n) is 11.5. The molecular weight excluding hydrogens is 275 g/mol. The van der Waals surface area contributed by atoms with Gasteiger partial charge in [-0.05, 0) is 37.1 Å². The van der Waals surface area contributed by atoms with Gasteiger partial charge in [-0.15, -0.1) is 0 Å². The molecule has 3 N–H and O–H groups in total. The van der Waals surface area contributed by atoms with E-state index >= 15 is 0 Å². The van der Waals surface area contributed by atoms with Crippen molar-refractivity contribution in [1.82, 2.24) is 9.36 Å². The zero-order chi connectivity index (χ0) is 14.4. The van der Waals surface area contributed by atoms with Gasteiger partial charge < -0.3 is 11.1 Å². The molecule has 1 aromatic carbocycles. The van der Waals surface area contributed by atoms with Crippen molar-refractivity contribution in [3.8, 4) is 0 Å². The Kier molecular flexibility index (Phi) is 5.43. The fourth-order valence-corrected chi connectivity index (χ4v) is 2.63. The van der Waals surface area contributed by atoms with Crippen molar-refractivity contribution < 1.29 is 4.39 Å². The quantitative estimate of drug-likeness (QED) is 0.824. The maximum atomic E-state index is 13.1. The van der Waals surface area contributed by atoms with Gasteiger partial charge in [-0.1, -0.05) is 19.1 Å². The van der Waals surface area contributed by atoms with Crippen molar-refractivity contribution in [3.63, 3.8) is 0 Å². The second-order valence-electron chi connectivity index (χ2n) is 4.65. The van der Waals surface area contributed by atoms with Crippen molar-refractivity contribution in [1.29, 1.82) is 0 Å². The van der Waals surface area contributed by atoms with Gasteiger partial charge >= 0.3 is 0 Å². The Hall–Kier alpha value is -1.53. The van der Waals surface area contributed by atoms with Crippen LogP contribution in [0.25, 0.3) is 0 Å². The Morgan fingerprint density at radius 3 is 3.00 bits per heavy atom. The molecule has 0 bridgehead atoms. The number of halogens is 1. The van der Waals surface area contributed by atoms with Crippen LogP contribution in [0.1, 0.15) is 31.2 Å². The molecule has 2 aromatic rings. The number of hydrogen-bond donors (Lipinski definition) is 2. The van der Waals surface area contributed by atoms with E-state index in [1.165, 1.54) is 23.7 Å². The lowest BCUT2D eigenvalue weighted by Crippen LogP contribution is -2.22. The zero-order valence-corrected chi connectivity index (χ0v) is 12.3. The summed E-state index contributed by atoms with van der Waals surface area (Å²) in [6.45, 7) is 2.77. The number of rotatable bonds is 7. The molecule has 0 amide bonds. The summed E-state index contributed by atoms with van der Waals surface area (Å²) in [6.07, 6.45) is 2.45. The average Bonchev–Trinajstić information content (AvgIpc) is 2.85. The molecule has 2 rings (SSSR count). The Balaban J connectivity index is 1.98. The maximum Gasteiger partial charge on any atom is 0.202 e. The van der Waals surface area contributed by atoms with E-state index in [2.05, 4.69) is 21.6 Å². The lowest BCUT2D eigenvalue weighted by Gasteiger charge is -2.14. The SMILES string of the molecule is CCC(CCN)Nc1nc(Cc2cccc(F)c2)ns1. The summed E-state index contributed by atoms with van der Waals surface area (Å²) in [5.41, 5.74) is 6.45. The standard InChI is InChI=1S/C14H19FN4S/c1-2-12(6-7-16)17-14-18-13(19-20-14)9-10-4-3-5-11(15)8-10/h3-5,8,12H,2,6-7,9,16H2,1H3,(H,17,18,19). The fourth-order valence-electron chi connectivity index (χ4n) is 1.97. The van der Waals surface area contributed by atoms with E-state index in [0.29, 0.717) is 24.8 Å². The molecule has 0 fully saturated rings. The summed E-state index contributed by atoms with van der Waals surface area (Å²) in [7, 11) is 0.